The van der Waals surface area contributed by atoms with E-state index in [1.807, 2.05) is 80.6 Å². The molecule has 0 unspecified atom stereocenters. The molecule has 2 aliphatic rings. The first-order valence-corrected chi connectivity index (χ1v) is 16.5. The lowest BCUT2D eigenvalue weighted by atomic mass is 9.77. The molecule has 1 aliphatic carbocycles. The van der Waals surface area contributed by atoms with E-state index in [0.29, 0.717) is 21.6 Å². The summed E-state index contributed by atoms with van der Waals surface area (Å²) in [6, 6.07) is 24.1. The quantitative estimate of drug-likeness (QED) is 0.172. The molecule has 3 heterocycles. The van der Waals surface area contributed by atoms with Crippen molar-refractivity contribution in [1.29, 1.82) is 0 Å². The van der Waals surface area contributed by atoms with Crippen molar-refractivity contribution in [3.63, 3.8) is 0 Å². The Labute approximate surface area is 287 Å². The summed E-state index contributed by atoms with van der Waals surface area (Å²) in [6.45, 7) is 4.09. The predicted octanol–water partition coefficient (Wildman–Crippen LogP) is 8.99. The second kappa shape index (κ2) is 13.1. The number of fused-ring (bicyclic) bond motifs is 2. The van der Waals surface area contributed by atoms with Gasteiger partial charge in [0.1, 0.15) is 11.5 Å². The minimum absolute atomic E-state index is 0.0963. The smallest absolute Gasteiger partial charge is 0.433 e. The molecule has 1 fully saturated rings. The molecule has 50 heavy (non-hydrogen) atoms. The number of ether oxygens (including phenoxy) is 2. The van der Waals surface area contributed by atoms with Crippen molar-refractivity contribution in [2.45, 2.75) is 51.2 Å². The van der Waals surface area contributed by atoms with E-state index in [0.717, 1.165) is 53.3 Å². The van der Waals surface area contributed by atoms with Crippen LogP contribution in [0.4, 0.5) is 13.2 Å². The first-order valence-electron chi connectivity index (χ1n) is 16.5. The summed E-state index contributed by atoms with van der Waals surface area (Å²) in [5.41, 5.74) is 3.72. The molecule has 0 spiro atoms. The number of hydrogen-bond acceptors (Lipinski definition) is 6. The molecule has 0 saturated heterocycles. The van der Waals surface area contributed by atoms with E-state index in [4.69, 9.17) is 14.6 Å². The van der Waals surface area contributed by atoms with E-state index < -0.39 is 23.8 Å². The number of halogens is 3. The second-order valence-electron chi connectivity index (χ2n) is 12.8. The summed E-state index contributed by atoms with van der Waals surface area (Å²) in [5.74, 6) is 0.728. The zero-order chi connectivity index (χ0) is 35.2. The Kier molecular flexibility index (Phi) is 8.67. The zero-order valence-corrected chi connectivity index (χ0v) is 28.1. The number of allylic oxidation sites excluding steroid dienone is 1. The van der Waals surface area contributed by atoms with Crippen LogP contribution < -0.4 is 9.47 Å². The van der Waals surface area contributed by atoms with E-state index in [1.165, 1.54) is 11.1 Å². The summed E-state index contributed by atoms with van der Waals surface area (Å²) in [5, 5.41) is 10.5. The van der Waals surface area contributed by atoms with Crippen LogP contribution in [0.3, 0.4) is 0 Å². The predicted molar refractivity (Wildman–Crippen MR) is 185 cm³/mol. The van der Waals surface area contributed by atoms with Gasteiger partial charge in [-0.25, -0.2) is 14.5 Å². The van der Waals surface area contributed by atoms with Crippen molar-refractivity contribution >= 4 is 23.3 Å². The van der Waals surface area contributed by atoms with Gasteiger partial charge in [-0.05, 0) is 60.6 Å². The third kappa shape index (κ3) is 6.01. The largest absolute Gasteiger partial charge is 0.496 e. The van der Waals surface area contributed by atoms with Crippen molar-refractivity contribution in [1.82, 2.24) is 19.6 Å². The number of methoxy groups -OCH3 is 2. The standard InChI is InChI=1S/C39H36F3N5O3/c1-23(2)24-16-18-25(19-17-24)30-21-34(39(40,41)42)46-35(43-30)22-31(44-46)38(48)47-37(28-12-6-8-15-33(28)50-4)29-13-9-11-27(36(29)45-47)20-26-10-5-7-14-32(26)49-3/h5-8,10,12,14-23,29,37H,9,11,13H2,1-4H3/b27-20-/t29-,37-/m1/s1. The molecular weight excluding hydrogens is 643 g/mol. The van der Waals surface area contributed by atoms with E-state index >= 15 is 0 Å². The van der Waals surface area contributed by atoms with Gasteiger partial charge < -0.3 is 9.47 Å². The molecule has 1 aliphatic heterocycles. The topological polar surface area (TPSA) is 81.3 Å². The van der Waals surface area contributed by atoms with Gasteiger partial charge in [0, 0.05) is 28.7 Å². The van der Waals surface area contributed by atoms with Crippen LogP contribution in [0.15, 0.2) is 95.6 Å². The lowest BCUT2D eigenvalue weighted by molar-refractivity contribution is -0.142. The Balaban J connectivity index is 1.34. The van der Waals surface area contributed by atoms with Crippen LogP contribution in [0.25, 0.3) is 23.0 Å². The molecule has 256 valence electrons. The highest BCUT2D eigenvalue weighted by atomic mass is 19.4. The molecule has 8 nitrogen and oxygen atoms in total. The number of hydrogen-bond donors (Lipinski definition) is 0. The van der Waals surface area contributed by atoms with E-state index in [1.54, 1.807) is 26.4 Å². The number of amides is 1. The minimum atomic E-state index is -4.76. The summed E-state index contributed by atoms with van der Waals surface area (Å²) in [4.78, 5) is 19.0. The van der Waals surface area contributed by atoms with Crippen molar-refractivity contribution in [3.8, 4) is 22.8 Å². The monoisotopic (exact) mass is 679 g/mol. The van der Waals surface area contributed by atoms with Gasteiger partial charge in [0.2, 0.25) is 0 Å². The molecule has 1 amide bonds. The Hall–Kier alpha value is -5.45. The zero-order valence-electron chi connectivity index (χ0n) is 28.1. The molecule has 11 heteroatoms. The average Bonchev–Trinajstić information content (AvgIpc) is 3.73. The highest BCUT2D eigenvalue weighted by Gasteiger charge is 2.46. The highest BCUT2D eigenvalue weighted by molar-refractivity contribution is 6.09. The molecule has 7 rings (SSSR count). The van der Waals surface area contributed by atoms with Crippen LogP contribution in [-0.2, 0) is 6.18 Å². The number of benzene rings is 3. The van der Waals surface area contributed by atoms with Crippen LogP contribution in [0.2, 0.25) is 0 Å². The molecule has 0 bridgehead atoms. The third-order valence-electron chi connectivity index (χ3n) is 9.45. The number of alkyl halides is 3. The van der Waals surface area contributed by atoms with Gasteiger partial charge in [-0.15, -0.1) is 0 Å². The van der Waals surface area contributed by atoms with E-state index in [-0.39, 0.29) is 28.9 Å². The van der Waals surface area contributed by atoms with Crippen molar-refractivity contribution in [3.05, 3.63) is 119 Å². The van der Waals surface area contributed by atoms with Crippen LogP contribution in [0.5, 0.6) is 11.5 Å². The van der Waals surface area contributed by atoms with Crippen molar-refractivity contribution in [2.75, 3.05) is 14.2 Å². The molecule has 1 saturated carbocycles. The fourth-order valence-corrected chi connectivity index (χ4v) is 6.95. The summed E-state index contributed by atoms with van der Waals surface area (Å²) >= 11 is 0. The van der Waals surface area contributed by atoms with E-state index in [2.05, 4.69) is 10.1 Å². The van der Waals surface area contributed by atoms with Gasteiger partial charge in [-0.3, -0.25) is 4.79 Å². The Morgan fingerprint density at radius 3 is 2.34 bits per heavy atom. The minimum Gasteiger partial charge on any atom is -0.496 e. The van der Waals surface area contributed by atoms with Crippen molar-refractivity contribution < 1.29 is 27.4 Å². The van der Waals surface area contributed by atoms with Gasteiger partial charge in [0.05, 0.1) is 31.7 Å². The van der Waals surface area contributed by atoms with Gasteiger partial charge in [0.15, 0.2) is 17.0 Å². The van der Waals surface area contributed by atoms with Gasteiger partial charge in [-0.2, -0.15) is 23.4 Å². The molecular formula is C39H36F3N5O3. The third-order valence-corrected chi connectivity index (χ3v) is 9.45. The van der Waals surface area contributed by atoms with Crippen molar-refractivity contribution in [2.24, 2.45) is 11.0 Å². The van der Waals surface area contributed by atoms with Crippen LogP contribution in [-0.4, -0.2) is 45.4 Å². The summed E-state index contributed by atoms with van der Waals surface area (Å²) < 4.78 is 55.5. The second-order valence-corrected chi connectivity index (χ2v) is 12.8. The maximum Gasteiger partial charge on any atom is 0.433 e. The van der Waals surface area contributed by atoms with Gasteiger partial charge in [-0.1, -0.05) is 74.5 Å². The lowest BCUT2D eigenvalue weighted by Crippen LogP contribution is -2.32. The number of hydrazone groups is 1. The Morgan fingerprint density at radius 1 is 0.940 bits per heavy atom. The molecule has 5 aromatic rings. The highest BCUT2D eigenvalue weighted by Crippen LogP contribution is 2.47. The maximum absolute atomic E-state index is 14.5. The van der Waals surface area contributed by atoms with Gasteiger partial charge in [0.25, 0.3) is 5.91 Å². The number of carbonyl (C=O) groups excluding carboxylic acids is 1. The summed E-state index contributed by atoms with van der Waals surface area (Å²) in [7, 11) is 3.18. The number of carbonyl (C=O) groups is 1. The lowest BCUT2D eigenvalue weighted by Gasteiger charge is -2.30. The number of para-hydroxylation sites is 2. The van der Waals surface area contributed by atoms with Gasteiger partial charge >= 0.3 is 6.18 Å². The summed E-state index contributed by atoms with van der Waals surface area (Å²) in [6.07, 6.45) is -0.384. The average molecular weight is 680 g/mol. The fourth-order valence-electron chi connectivity index (χ4n) is 6.95. The normalized spacial score (nSPS) is 18.4. The SMILES string of the molecule is COc1ccccc1/C=C1/CCC[C@@H]2C1=NN(C(=O)c1cc3nc(-c4ccc(C(C)C)cc4)cc(C(F)(F)F)n3n1)[C@@H]2c1ccccc1OC. The number of rotatable bonds is 7. The van der Waals surface area contributed by atoms with Crippen LogP contribution >= 0.6 is 0 Å². The number of aromatic nitrogens is 3. The molecule has 3 aromatic carbocycles. The number of nitrogens with zero attached hydrogens (tertiary/aromatic N) is 5. The molecule has 2 atom stereocenters. The fraction of sp³-hybridized carbons (Fsp3) is 0.282. The first-order chi connectivity index (χ1) is 24.1. The van der Waals surface area contributed by atoms with Crippen LogP contribution in [0.1, 0.15) is 77.9 Å². The van der Waals surface area contributed by atoms with E-state index in [9.17, 15) is 18.0 Å². The Bertz CT molecular complexity index is 2140. The maximum atomic E-state index is 14.5. The molecule has 0 radical (unpaired) electrons. The first kappa shape index (κ1) is 33.1. The molecule has 0 N–H and O–H groups in total. The molecule has 2 aromatic heterocycles. The Morgan fingerprint density at radius 2 is 1.64 bits per heavy atom. The van der Waals surface area contributed by atoms with Crippen LogP contribution in [0, 0.1) is 5.92 Å².